The Hall–Kier alpha value is -4.67. The van der Waals surface area contributed by atoms with Crippen molar-refractivity contribution in [2.24, 2.45) is 0 Å². The predicted molar refractivity (Wildman–Crippen MR) is 144 cm³/mol. The highest BCUT2D eigenvalue weighted by atomic mass is 19.4. The molecule has 0 radical (unpaired) electrons. The molecule has 5 heterocycles. The van der Waals surface area contributed by atoms with Gasteiger partial charge in [-0.05, 0) is 43.7 Å². The molecule has 1 aliphatic rings. The van der Waals surface area contributed by atoms with E-state index in [1.54, 1.807) is 16.8 Å². The standard InChI is InChI=1S/C27H25F6N9O2/c1-39(14-17-8-18(28)10-34-9-17)26(25(44)41(16-43)19-2-3-21(36-11-19)27(31,32)33)4-6-40(7-5-26)23-13-35-20-12-37-42(15-22(29)30)24(20)38-23/h2-3,8-13,16,22H,4-7,14-15H2,1H3. The molecule has 0 bridgehead atoms. The summed E-state index contributed by atoms with van der Waals surface area (Å²) < 4.78 is 80.2. The molecule has 0 aliphatic carbocycles. The van der Waals surface area contributed by atoms with Crippen molar-refractivity contribution in [2.75, 3.05) is 29.9 Å². The summed E-state index contributed by atoms with van der Waals surface area (Å²) in [6, 6.07) is 2.90. The number of hydrogen-bond acceptors (Lipinski definition) is 9. The Morgan fingerprint density at radius 3 is 2.45 bits per heavy atom. The third-order valence-electron chi connectivity index (χ3n) is 7.51. The molecule has 17 heteroatoms. The maximum atomic E-state index is 14.1. The van der Waals surface area contributed by atoms with Crippen molar-refractivity contribution in [1.82, 2.24) is 34.6 Å². The van der Waals surface area contributed by atoms with Gasteiger partial charge in [0.2, 0.25) is 6.41 Å². The van der Waals surface area contributed by atoms with Crippen molar-refractivity contribution < 1.29 is 35.9 Å². The van der Waals surface area contributed by atoms with Gasteiger partial charge < -0.3 is 4.90 Å². The normalized spacial score (nSPS) is 15.2. The van der Waals surface area contributed by atoms with Gasteiger partial charge in [0.25, 0.3) is 12.3 Å². The van der Waals surface area contributed by atoms with Crippen LogP contribution in [0.3, 0.4) is 0 Å². The molecule has 44 heavy (non-hydrogen) atoms. The van der Waals surface area contributed by atoms with E-state index in [0.29, 0.717) is 27.9 Å². The molecule has 4 aromatic heterocycles. The van der Waals surface area contributed by atoms with Crippen LogP contribution in [0.5, 0.6) is 0 Å². The molecule has 1 saturated heterocycles. The number of rotatable bonds is 9. The van der Waals surface area contributed by atoms with Gasteiger partial charge in [-0.25, -0.2) is 37.7 Å². The number of imide groups is 1. The van der Waals surface area contributed by atoms with Crippen LogP contribution in [0, 0.1) is 5.82 Å². The molecule has 2 amide bonds. The van der Waals surface area contributed by atoms with E-state index in [1.807, 2.05) is 0 Å². The molecule has 0 N–H and O–H groups in total. The summed E-state index contributed by atoms with van der Waals surface area (Å²) in [6.45, 7) is -0.233. The van der Waals surface area contributed by atoms with Crippen LogP contribution in [0.1, 0.15) is 24.1 Å². The molecule has 1 aliphatic heterocycles. The summed E-state index contributed by atoms with van der Waals surface area (Å²) >= 11 is 0. The second-order valence-electron chi connectivity index (χ2n) is 10.2. The number of carbonyl (C=O) groups excluding carboxylic acids is 2. The van der Waals surface area contributed by atoms with Gasteiger partial charge >= 0.3 is 6.18 Å². The third-order valence-corrected chi connectivity index (χ3v) is 7.51. The van der Waals surface area contributed by atoms with Crippen LogP contribution in [0.4, 0.5) is 37.8 Å². The molecule has 0 atom stereocenters. The smallest absolute Gasteiger partial charge is 0.355 e. The average molecular weight is 622 g/mol. The van der Waals surface area contributed by atoms with Gasteiger partial charge in [-0.3, -0.25) is 19.5 Å². The molecule has 0 aromatic carbocycles. The number of amides is 2. The van der Waals surface area contributed by atoms with E-state index in [0.717, 1.165) is 23.1 Å². The number of pyridine rings is 2. The lowest BCUT2D eigenvalue weighted by molar-refractivity contribution is -0.141. The molecule has 5 rings (SSSR count). The molecule has 0 unspecified atom stereocenters. The number of piperidine rings is 1. The molecular weight excluding hydrogens is 596 g/mol. The summed E-state index contributed by atoms with van der Waals surface area (Å²) in [7, 11) is 1.61. The van der Waals surface area contributed by atoms with Crippen molar-refractivity contribution in [2.45, 2.75) is 44.1 Å². The monoisotopic (exact) mass is 621 g/mol. The van der Waals surface area contributed by atoms with Gasteiger partial charge in [-0.1, -0.05) is 0 Å². The number of alkyl halides is 5. The topological polar surface area (TPSA) is 113 Å². The maximum absolute atomic E-state index is 14.1. The van der Waals surface area contributed by atoms with Gasteiger partial charge in [-0.2, -0.15) is 18.3 Å². The number of nitrogens with zero attached hydrogens (tertiary/aromatic N) is 9. The average Bonchev–Trinajstić information content (AvgIpc) is 3.38. The van der Waals surface area contributed by atoms with Crippen molar-refractivity contribution in [3.05, 3.63) is 66.3 Å². The Bertz CT molecular complexity index is 1640. The number of likely N-dealkylation sites (N-methyl/N-ethyl adjacent to an activating group) is 1. The summed E-state index contributed by atoms with van der Waals surface area (Å²) in [4.78, 5) is 46.5. The van der Waals surface area contributed by atoms with Crippen molar-refractivity contribution >= 4 is 35.0 Å². The minimum atomic E-state index is -4.72. The highest BCUT2D eigenvalue weighted by molar-refractivity contribution is 6.11. The van der Waals surface area contributed by atoms with Crippen LogP contribution in [-0.4, -0.2) is 79.0 Å². The van der Waals surface area contributed by atoms with E-state index in [1.165, 1.54) is 24.7 Å². The van der Waals surface area contributed by atoms with Crippen LogP contribution in [0.15, 0.2) is 49.2 Å². The predicted octanol–water partition coefficient (Wildman–Crippen LogP) is 3.70. The summed E-state index contributed by atoms with van der Waals surface area (Å²) in [5, 5.41) is 3.92. The summed E-state index contributed by atoms with van der Waals surface area (Å²) in [5.74, 6) is -0.959. The number of carbonyl (C=O) groups is 2. The van der Waals surface area contributed by atoms with Crippen molar-refractivity contribution in [3.8, 4) is 0 Å². The number of anilines is 2. The minimum Gasteiger partial charge on any atom is -0.355 e. The summed E-state index contributed by atoms with van der Waals surface area (Å²) in [5.41, 5.74) is -1.81. The molecule has 4 aromatic rings. The molecule has 1 fully saturated rings. The van der Waals surface area contributed by atoms with Gasteiger partial charge in [0, 0.05) is 25.8 Å². The molecule has 0 saturated carbocycles. The van der Waals surface area contributed by atoms with Crippen LogP contribution in [-0.2, 0) is 28.9 Å². The Labute approximate surface area is 246 Å². The Morgan fingerprint density at radius 1 is 1.09 bits per heavy atom. The van der Waals surface area contributed by atoms with Crippen LogP contribution < -0.4 is 9.80 Å². The molecule has 0 spiro atoms. The Morgan fingerprint density at radius 2 is 1.84 bits per heavy atom. The van der Waals surface area contributed by atoms with Gasteiger partial charge in [-0.15, -0.1) is 0 Å². The number of halogens is 6. The quantitative estimate of drug-likeness (QED) is 0.204. The lowest BCUT2D eigenvalue weighted by atomic mass is 9.83. The largest absolute Gasteiger partial charge is 0.433 e. The first-order valence-electron chi connectivity index (χ1n) is 13.3. The first-order chi connectivity index (χ1) is 20.9. The highest BCUT2D eigenvalue weighted by Crippen LogP contribution is 2.35. The van der Waals surface area contributed by atoms with Gasteiger partial charge in [0.1, 0.15) is 34.9 Å². The Kier molecular flexibility index (Phi) is 8.49. The zero-order valence-corrected chi connectivity index (χ0v) is 23.1. The number of aromatic nitrogens is 6. The Balaban J connectivity index is 1.45. The minimum absolute atomic E-state index is 0.0486. The van der Waals surface area contributed by atoms with E-state index in [-0.39, 0.29) is 50.2 Å². The summed E-state index contributed by atoms with van der Waals surface area (Å²) in [6.07, 6.45) is -0.937. The van der Waals surface area contributed by atoms with Crippen molar-refractivity contribution in [1.29, 1.82) is 0 Å². The van der Waals surface area contributed by atoms with Crippen molar-refractivity contribution in [3.63, 3.8) is 0 Å². The fourth-order valence-electron chi connectivity index (χ4n) is 5.23. The zero-order valence-electron chi connectivity index (χ0n) is 23.1. The van der Waals surface area contributed by atoms with E-state index in [2.05, 4.69) is 25.0 Å². The van der Waals surface area contributed by atoms with Gasteiger partial charge in [0.05, 0.1) is 30.5 Å². The van der Waals surface area contributed by atoms with E-state index in [4.69, 9.17) is 0 Å². The zero-order chi connectivity index (χ0) is 31.6. The maximum Gasteiger partial charge on any atom is 0.433 e. The fraction of sp³-hybridized carbons (Fsp3) is 0.370. The van der Waals surface area contributed by atoms with Crippen LogP contribution in [0.25, 0.3) is 11.2 Å². The highest BCUT2D eigenvalue weighted by Gasteiger charge is 2.48. The van der Waals surface area contributed by atoms with Crippen LogP contribution >= 0.6 is 0 Å². The first kappa shape index (κ1) is 30.8. The molecule has 11 nitrogen and oxygen atoms in total. The molecular formula is C27H25F6N9O2. The lowest BCUT2D eigenvalue weighted by Gasteiger charge is -2.47. The van der Waals surface area contributed by atoms with Gasteiger partial charge in [0.15, 0.2) is 5.65 Å². The van der Waals surface area contributed by atoms with Crippen LogP contribution in [0.2, 0.25) is 0 Å². The molecule has 232 valence electrons. The van der Waals surface area contributed by atoms with E-state index >= 15 is 0 Å². The van der Waals surface area contributed by atoms with E-state index < -0.39 is 42.1 Å². The second-order valence-corrected chi connectivity index (χ2v) is 10.2. The fourth-order valence-corrected chi connectivity index (χ4v) is 5.23. The van der Waals surface area contributed by atoms with E-state index in [9.17, 15) is 35.9 Å². The number of fused-ring (bicyclic) bond motifs is 1. The SMILES string of the molecule is CN(Cc1cncc(F)c1)C1(C(=O)N(C=O)c2ccc(C(F)(F)F)nc2)CCN(c2cnc3cnn(CC(F)F)c3n2)CC1. The number of hydrogen-bond donors (Lipinski definition) is 0. The second kappa shape index (κ2) is 12.1. The lowest BCUT2D eigenvalue weighted by Crippen LogP contribution is -2.63. The first-order valence-corrected chi connectivity index (χ1v) is 13.3. The third kappa shape index (κ3) is 6.17.